The van der Waals surface area contributed by atoms with E-state index in [1.807, 2.05) is 84.9 Å². The van der Waals surface area contributed by atoms with Gasteiger partial charge in [0.05, 0.1) is 13.2 Å². The molecule has 3 aromatic rings. The molecule has 28 heavy (non-hydrogen) atoms. The summed E-state index contributed by atoms with van der Waals surface area (Å²) >= 11 is 3.64. The largest absolute Gasteiger partial charge is 0.396 e. The minimum atomic E-state index is -1.000. The molecule has 0 bridgehead atoms. The monoisotopic (exact) mass is 440 g/mol. The van der Waals surface area contributed by atoms with Gasteiger partial charge in [0.1, 0.15) is 5.60 Å². The van der Waals surface area contributed by atoms with Crippen molar-refractivity contribution in [3.63, 3.8) is 0 Å². The van der Waals surface area contributed by atoms with Crippen LogP contribution in [0.5, 0.6) is 0 Å². The summed E-state index contributed by atoms with van der Waals surface area (Å²) < 4.78 is 7.38. The van der Waals surface area contributed by atoms with Crippen molar-refractivity contribution in [3.05, 3.63) is 106 Å². The van der Waals surface area contributed by atoms with Crippen LogP contribution in [0.25, 0.3) is 0 Å². The summed E-state index contributed by atoms with van der Waals surface area (Å²) in [6.45, 7) is 0.153. The molecule has 0 radical (unpaired) electrons. The zero-order chi connectivity index (χ0) is 19.8. The Kier molecular flexibility index (Phi) is 7.40. The Morgan fingerprint density at radius 2 is 1.43 bits per heavy atom. The van der Waals surface area contributed by atoms with Gasteiger partial charge in [0.2, 0.25) is 0 Å². The Morgan fingerprint density at radius 3 is 2.04 bits per heavy atom. The van der Waals surface area contributed by atoms with Gasteiger partial charge >= 0.3 is 0 Å². The fourth-order valence-electron chi connectivity index (χ4n) is 3.68. The van der Waals surface area contributed by atoms with Crippen LogP contribution in [0, 0.1) is 0 Å². The number of aliphatic hydroxyl groups excluding tert-OH is 2. The number of halogens is 1. The van der Waals surface area contributed by atoms with Gasteiger partial charge in [-0.05, 0) is 23.6 Å². The van der Waals surface area contributed by atoms with Crippen molar-refractivity contribution in [2.24, 2.45) is 0 Å². The molecule has 2 atom stereocenters. The van der Waals surface area contributed by atoms with Crippen molar-refractivity contribution in [1.29, 1.82) is 0 Å². The average molecular weight is 441 g/mol. The minimum Gasteiger partial charge on any atom is -0.396 e. The topological polar surface area (TPSA) is 49.7 Å². The summed E-state index contributed by atoms with van der Waals surface area (Å²) in [7, 11) is 0. The van der Waals surface area contributed by atoms with Crippen LogP contribution in [0.3, 0.4) is 0 Å². The lowest BCUT2D eigenvalue weighted by atomic mass is 9.75. The summed E-state index contributed by atoms with van der Waals surface area (Å²) in [4.78, 5) is 0. The highest BCUT2D eigenvalue weighted by molar-refractivity contribution is 9.10. The summed E-state index contributed by atoms with van der Waals surface area (Å²) in [5.74, 6) is -0.217. The van der Waals surface area contributed by atoms with Crippen LogP contribution in [0.1, 0.15) is 29.0 Å². The van der Waals surface area contributed by atoms with E-state index in [1.165, 1.54) is 0 Å². The first-order chi connectivity index (χ1) is 13.7. The second-order valence-electron chi connectivity index (χ2n) is 6.78. The van der Waals surface area contributed by atoms with E-state index < -0.39 is 5.60 Å². The van der Waals surface area contributed by atoms with Crippen LogP contribution in [0.15, 0.2) is 89.4 Å². The van der Waals surface area contributed by atoms with Gasteiger partial charge in [-0.2, -0.15) is 0 Å². The molecule has 0 saturated carbocycles. The van der Waals surface area contributed by atoms with Gasteiger partial charge in [0.25, 0.3) is 0 Å². The Labute approximate surface area is 174 Å². The third-order valence-electron chi connectivity index (χ3n) is 5.09. The summed E-state index contributed by atoms with van der Waals surface area (Å²) in [6.07, 6.45) is 0.473. The highest BCUT2D eigenvalue weighted by Gasteiger charge is 2.43. The zero-order valence-electron chi connectivity index (χ0n) is 15.7. The van der Waals surface area contributed by atoms with Crippen molar-refractivity contribution >= 4 is 15.9 Å². The van der Waals surface area contributed by atoms with E-state index in [2.05, 4.69) is 15.9 Å². The average Bonchev–Trinajstić information content (AvgIpc) is 2.76. The first kappa shape index (κ1) is 20.7. The highest BCUT2D eigenvalue weighted by atomic mass is 79.9. The molecule has 3 rings (SSSR count). The summed E-state index contributed by atoms with van der Waals surface area (Å²) in [6, 6.07) is 27.7. The molecule has 0 aliphatic carbocycles. The molecule has 0 unspecified atom stereocenters. The second kappa shape index (κ2) is 9.99. The minimum absolute atomic E-state index is 0.000457. The molecule has 2 N–H and O–H groups in total. The van der Waals surface area contributed by atoms with Gasteiger partial charge in [0, 0.05) is 22.6 Å². The van der Waals surface area contributed by atoms with Crippen LogP contribution >= 0.6 is 15.9 Å². The molecule has 0 aromatic heterocycles. The molecule has 3 aromatic carbocycles. The third kappa shape index (κ3) is 4.53. The first-order valence-electron chi connectivity index (χ1n) is 9.41. The molecule has 146 valence electrons. The van der Waals surface area contributed by atoms with Crippen molar-refractivity contribution in [1.82, 2.24) is 0 Å². The summed E-state index contributed by atoms with van der Waals surface area (Å²) in [5.41, 5.74) is 1.92. The highest BCUT2D eigenvalue weighted by Crippen LogP contribution is 2.45. The Balaban J connectivity index is 2.09. The molecule has 0 amide bonds. The number of rotatable bonds is 9. The fraction of sp³-hybridized carbons (Fsp3) is 0.250. The van der Waals surface area contributed by atoms with Crippen LogP contribution in [0.2, 0.25) is 0 Å². The molecule has 0 aliphatic heterocycles. The van der Waals surface area contributed by atoms with Crippen LogP contribution in [-0.4, -0.2) is 23.4 Å². The van der Waals surface area contributed by atoms with Gasteiger partial charge in [0.15, 0.2) is 0 Å². The van der Waals surface area contributed by atoms with Crippen molar-refractivity contribution < 1.29 is 14.9 Å². The van der Waals surface area contributed by atoms with Gasteiger partial charge in [-0.3, -0.25) is 0 Å². The standard InChI is InChI=1S/C24H25BrO3/c25-23-14-8-7-13-22(23)24(18-27,28-17-19-9-3-1-4-10-19)21(15-16-26)20-11-5-2-6-12-20/h1-14,21,26-27H,15-18H2/t21-,24+/m0/s1. The molecule has 0 aliphatic rings. The van der Waals surface area contributed by atoms with Crippen LogP contribution in [0.4, 0.5) is 0 Å². The normalized spacial score (nSPS) is 14.4. The van der Waals surface area contributed by atoms with Gasteiger partial charge in [-0.25, -0.2) is 0 Å². The molecule has 0 heterocycles. The van der Waals surface area contributed by atoms with Crippen molar-refractivity contribution in [2.45, 2.75) is 24.5 Å². The molecule has 0 saturated heterocycles. The van der Waals surface area contributed by atoms with E-state index in [-0.39, 0.29) is 19.1 Å². The maximum Gasteiger partial charge on any atom is 0.124 e. The van der Waals surface area contributed by atoms with E-state index in [4.69, 9.17) is 4.74 Å². The van der Waals surface area contributed by atoms with Gasteiger partial charge < -0.3 is 14.9 Å². The molecule has 0 fully saturated rings. The third-order valence-corrected chi connectivity index (χ3v) is 5.78. The molecule has 4 heteroatoms. The smallest absolute Gasteiger partial charge is 0.124 e. The quantitative estimate of drug-likeness (QED) is 0.490. The van der Waals surface area contributed by atoms with Crippen molar-refractivity contribution in [2.75, 3.05) is 13.2 Å². The molecule has 3 nitrogen and oxygen atoms in total. The Morgan fingerprint density at radius 1 is 0.821 bits per heavy atom. The first-order valence-corrected chi connectivity index (χ1v) is 10.2. The van der Waals surface area contributed by atoms with E-state index in [0.29, 0.717) is 13.0 Å². The predicted molar refractivity (Wildman–Crippen MR) is 115 cm³/mol. The lowest BCUT2D eigenvalue weighted by Gasteiger charge is -2.41. The van der Waals surface area contributed by atoms with E-state index in [9.17, 15) is 10.2 Å². The van der Waals surface area contributed by atoms with Gasteiger partial charge in [-0.15, -0.1) is 0 Å². The summed E-state index contributed by atoms with van der Waals surface area (Å²) in [5, 5.41) is 20.5. The number of benzene rings is 3. The van der Waals surface area contributed by atoms with E-state index in [1.54, 1.807) is 0 Å². The number of hydrogen-bond acceptors (Lipinski definition) is 3. The Bertz CT molecular complexity index is 854. The van der Waals surface area contributed by atoms with Gasteiger partial charge in [-0.1, -0.05) is 94.8 Å². The second-order valence-corrected chi connectivity index (χ2v) is 7.63. The maximum absolute atomic E-state index is 10.7. The Hall–Kier alpha value is -1.98. The maximum atomic E-state index is 10.7. The van der Waals surface area contributed by atoms with Crippen LogP contribution in [-0.2, 0) is 16.9 Å². The van der Waals surface area contributed by atoms with Crippen LogP contribution < -0.4 is 0 Å². The molecule has 0 spiro atoms. The lowest BCUT2D eigenvalue weighted by Crippen LogP contribution is -2.41. The predicted octanol–water partition coefficient (Wildman–Crippen LogP) is 5.02. The van der Waals surface area contributed by atoms with E-state index >= 15 is 0 Å². The SMILES string of the molecule is OCC[C@@H](c1ccccc1)[C@@](CO)(OCc1ccccc1)c1ccccc1Br. The lowest BCUT2D eigenvalue weighted by molar-refractivity contribution is -0.117. The van der Waals surface area contributed by atoms with Crippen molar-refractivity contribution in [3.8, 4) is 0 Å². The number of ether oxygens (including phenoxy) is 1. The number of aliphatic hydroxyl groups is 2. The molecular formula is C24H25BrO3. The number of hydrogen-bond donors (Lipinski definition) is 2. The van der Waals surface area contributed by atoms with E-state index in [0.717, 1.165) is 21.2 Å². The molecular weight excluding hydrogens is 416 g/mol. The zero-order valence-corrected chi connectivity index (χ0v) is 17.3. The fourth-order valence-corrected chi connectivity index (χ4v) is 4.30.